The fourth-order valence-electron chi connectivity index (χ4n) is 2.61. The Balaban J connectivity index is 1.88. The van der Waals surface area contributed by atoms with Crippen LogP contribution in [0.4, 0.5) is 4.39 Å². The number of halogens is 1. The zero-order valence-electron chi connectivity index (χ0n) is 11.1. The first kappa shape index (κ1) is 13.1. The summed E-state index contributed by atoms with van der Waals surface area (Å²) in [6.45, 7) is 1.87. The molecule has 1 aromatic carbocycles. The van der Waals surface area contributed by atoms with Crippen LogP contribution in [0.1, 0.15) is 18.1 Å². The standard InChI is InChI=1S/C16H17FN2O/c17-16-14(7-4-9-19-16)20-15(13-8-10-18-11-13)12-5-2-1-3-6-12/h1-7,9,13,15,18H,8,10-11H2/t13?,15-/m1/s1. The first-order chi connectivity index (χ1) is 9.84. The van der Waals surface area contributed by atoms with Gasteiger partial charge in [0.15, 0.2) is 5.75 Å². The molecule has 0 spiro atoms. The van der Waals surface area contributed by atoms with Gasteiger partial charge in [-0.05, 0) is 30.7 Å². The first-order valence-corrected chi connectivity index (χ1v) is 6.87. The second-order valence-corrected chi connectivity index (χ2v) is 4.99. The van der Waals surface area contributed by atoms with Crippen LogP contribution in [0.2, 0.25) is 0 Å². The molecule has 3 nitrogen and oxygen atoms in total. The predicted octanol–water partition coefficient (Wildman–Crippen LogP) is 2.95. The van der Waals surface area contributed by atoms with Gasteiger partial charge in [0.25, 0.3) is 5.95 Å². The minimum atomic E-state index is -0.556. The summed E-state index contributed by atoms with van der Waals surface area (Å²) < 4.78 is 19.6. The van der Waals surface area contributed by atoms with Crippen LogP contribution in [0.3, 0.4) is 0 Å². The molecule has 2 heterocycles. The van der Waals surface area contributed by atoms with Gasteiger partial charge in [0, 0.05) is 18.7 Å². The van der Waals surface area contributed by atoms with Crippen LogP contribution >= 0.6 is 0 Å². The summed E-state index contributed by atoms with van der Waals surface area (Å²) in [4.78, 5) is 3.65. The molecule has 1 N–H and O–H groups in total. The third-order valence-corrected chi connectivity index (χ3v) is 3.63. The lowest BCUT2D eigenvalue weighted by Gasteiger charge is -2.24. The van der Waals surface area contributed by atoms with E-state index in [0.717, 1.165) is 25.1 Å². The number of ether oxygens (including phenoxy) is 1. The number of nitrogens with one attached hydrogen (secondary N) is 1. The highest BCUT2D eigenvalue weighted by molar-refractivity contribution is 5.24. The average molecular weight is 272 g/mol. The van der Waals surface area contributed by atoms with Gasteiger partial charge in [-0.1, -0.05) is 30.3 Å². The maximum Gasteiger partial charge on any atom is 0.255 e. The summed E-state index contributed by atoms with van der Waals surface area (Å²) in [5.41, 5.74) is 1.07. The lowest BCUT2D eigenvalue weighted by atomic mass is 9.95. The molecule has 2 aromatic rings. The highest BCUT2D eigenvalue weighted by atomic mass is 19.1. The van der Waals surface area contributed by atoms with Gasteiger partial charge in [0.2, 0.25) is 0 Å². The van der Waals surface area contributed by atoms with E-state index in [4.69, 9.17) is 4.74 Å². The van der Waals surface area contributed by atoms with E-state index in [2.05, 4.69) is 10.3 Å². The SMILES string of the molecule is Fc1ncccc1O[C@H](c1ccccc1)C1CCNC1. The zero-order chi connectivity index (χ0) is 13.8. The van der Waals surface area contributed by atoms with Crippen molar-refractivity contribution >= 4 is 0 Å². The van der Waals surface area contributed by atoms with Crippen LogP contribution in [-0.2, 0) is 0 Å². The average Bonchev–Trinajstić information content (AvgIpc) is 3.01. The van der Waals surface area contributed by atoms with Gasteiger partial charge in [-0.3, -0.25) is 0 Å². The molecule has 1 aliphatic heterocycles. The Bertz CT molecular complexity index is 555. The van der Waals surface area contributed by atoms with E-state index in [1.807, 2.05) is 30.3 Å². The highest BCUT2D eigenvalue weighted by Gasteiger charge is 2.28. The molecule has 0 saturated carbocycles. The first-order valence-electron chi connectivity index (χ1n) is 6.87. The molecule has 0 bridgehead atoms. The fourth-order valence-corrected chi connectivity index (χ4v) is 2.61. The maximum absolute atomic E-state index is 13.7. The van der Waals surface area contributed by atoms with Crippen molar-refractivity contribution in [3.8, 4) is 5.75 Å². The summed E-state index contributed by atoms with van der Waals surface area (Å²) in [5.74, 6) is 0.00430. The van der Waals surface area contributed by atoms with Crippen LogP contribution in [0.15, 0.2) is 48.7 Å². The van der Waals surface area contributed by atoms with Gasteiger partial charge in [0.1, 0.15) is 6.10 Å². The van der Waals surface area contributed by atoms with E-state index < -0.39 is 5.95 Å². The lowest BCUT2D eigenvalue weighted by molar-refractivity contribution is 0.136. The molecule has 3 rings (SSSR count). The Hall–Kier alpha value is -1.94. The predicted molar refractivity (Wildman–Crippen MR) is 75.0 cm³/mol. The monoisotopic (exact) mass is 272 g/mol. The summed E-state index contributed by atoms with van der Waals surface area (Å²) in [5, 5.41) is 3.33. The molecule has 0 amide bonds. The second kappa shape index (κ2) is 6.01. The van der Waals surface area contributed by atoms with E-state index in [1.165, 1.54) is 6.20 Å². The molecule has 2 atom stereocenters. The van der Waals surface area contributed by atoms with Crippen molar-refractivity contribution in [1.82, 2.24) is 10.3 Å². The molecule has 1 unspecified atom stereocenters. The van der Waals surface area contributed by atoms with Crippen LogP contribution in [-0.4, -0.2) is 18.1 Å². The third-order valence-electron chi connectivity index (χ3n) is 3.63. The Kier molecular flexibility index (Phi) is 3.92. The van der Waals surface area contributed by atoms with Crippen molar-refractivity contribution in [1.29, 1.82) is 0 Å². The number of hydrogen-bond acceptors (Lipinski definition) is 3. The smallest absolute Gasteiger partial charge is 0.255 e. The maximum atomic E-state index is 13.7. The number of benzene rings is 1. The Morgan fingerprint density at radius 1 is 1.20 bits per heavy atom. The van der Waals surface area contributed by atoms with E-state index in [1.54, 1.807) is 12.1 Å². The number of hydrogen-bond donors (Lipinski definition) is 1. The topological polar surface area (TPSA) is 34.1 Å². The van der Waals surface area contributed by atoms with Gasteiger partial charge in [0.05, 0.1) is 0 Å². The zero-order valence-corrected chi connectivity index (χ0v) is 11.1. The molecule has 4 heteroatoms. The number of rotatable bonds is 4. The molecule has 1 saturated heterocycles. The van der Waals surface area contributed by atoms with Crippen molar-refractivity contribution < 1.29 is 9.13 Å². The minimum absolute atomic E-state index is 0.148. The van der Waals surface area contributed by atoms with Gasteiger partial charge in [-0.25, -0.2) is 4.98 Å². The Morgan fingerprint density at radius 2 is 2.05 bits per heavy atom. The van der Waals surface area contributed by atoms with E-state index in [0.29, 0.717) is 5.92 Å². The molecular weight excluding hydrogens is 255 g/mol. The van der Waals surface area contributed by atoms with Gasteiger partial charge in [-0.15, -0.1) is 0 Å². The molecule has 104 valence electrons. The molecule has 1 aliphatic rings. The summed E-state index contributed by atoms with van der Waals surface area (Å²) >= 11 is 0. The van der Waals surface area contributed by atoms with Crippen molar-refractivity contribution in [3.63, 3.8) is 0 Å². The Morgan fingerprint density at radius 3 is 2.75 bits per heavy atom. The van der Waals surface area contributed by atoms with Crippen molar-refractivity contribution in [2.45, 2.75) is 12.5 Å². The number of pyridine rings is 1. The molecule has 0 aliphatic carbocycles. The molecule has 0 radical (unpaired) electrons. The second-order valence-electron chi connectivity index (χ2n) is 4.99. The van der Waals surface area contributed by atoms with Crippen molar-refractivity contribution in [2.24, 2.45) is 5.92 Å². The minimum Gasteiger partial charge on any atom is -0.481 e. The van der Waals surface area contributed by atoms with Crippen LogP contribution < -0.4 is 10.1 Å². The Labute approximate surface area is 117 Å². The summed E-state index contributed by atoms with van der Waals surface area (Å²) in [7, 11) is 0. The quantitative estimate of drug-likeness (QED) is 0.869. The van der Waals surface area contributed by atoms with Crippen molar-refractivity contribution in [2.75, 3.05) is 13.1 Å². The lowest BCUT2D eigenvalue weighted by Crippen LogP contribution is -2.21. The van der Waals surface area contributed by atoms with E-state index in [-0.39, 0.29) is 11.9 Å². The fraction of sp³-hybridized carbons (Fsp3) is 0.312. The molecule has 20 heavy (non-hydrogen) atoms. The molecule has 1 fully saturated rings. The number of nitrogens with zero attached hydrogens (tertiary/aromatic N) is 1. The molecular formula is C16H17FN2O. The largest absolute Gasteiger partial charge is 0.481 e. The van der Waals surface area contributed by atoms with Gasteiger partial charge >= 0.3 is 0 Å². The summed E-state index contributed by atoms with van der Waals surface area (Å²) in [6, 6.07) is 13.3. The number of aromatic nitrogens is 1. The normalized spacial score (nSPS) is 19.8. The van der Waals surface area contributed by atoms with Crippen LogP contribution in [0, 0.1) is 11.9 Å². The van der Waals surface area contributed by atoms with Crippen LogP contribution in [0.25, 0.3) is 0 Å². The van der Waals surface area contributed by atoms with Gasteiger partial charge < -0.3 is 10.1 Å². The molecule has 1 aromatic heterocycles. The van der Waals surface area contributed by atoms with Crippen LogP contribution in [0.5, 0.6) is 5.75 Å². The van der Waals surface area contributed by atoms with Gasteiger partial charge in [-0.2, -0.15) is 4.39 Å². The summed E-state index contributed by atoms with van der Waals surface area (Å²) in [6.07, 6.45) is 2.31. The van der Waals surface area contributed by atoms with Crippen molar-refractivity contribution in [3.05, 3.63) is 60.2 Å². The van der Waals surface area contributed by atoms with E-state index in [9.17, 15) is 4.39 Å². The highest BCUT2D eigenvalue weighted by Crippen LogP contribution is 2.32. The van der Waals surface area contributed by atoms with E-state index >= 15 is 0 Å². The third kappa shape index (κ3) is 2.80.